The molecule has 4 aromatic rings. The van der Waals surface area contributed by atoms with E-state index >= 15 is 0 Å². The van der Waals surface area contributed by atoms with Crippen LogP contribution in [0.3, 0.4) is 0 Å². The van der Waals surface area contributed by atoms with E-state index < -0.39 is 17.8 Å². The Kier molecular flexibility index (Phi) is 4.79. The zero-order chi connectivity index (χ0) is 21.5. The number of fused-ring (bicyclic) bond motifs is 1. The number of hydrazone groups is 1. The summed E-state index contributed by atoms with van der Waals surface area (Å²) in [4.78, 5) is 17.9. The Labute approximate surface area is 182 Å². The first-order chi connectivity index (χ1) is 15.0. The van der Waals surface area contributed by atoms with Gasteiger partial charge in [0.1, 0.15) is 22.4 Å². The Morgan fingerprint density at radius 1 is 1.16 bits per heavy atom. The molecule has 0 bridgehead atoms. The lowest BCUT2D eigenvalue weighted by molar-refractivity contribution is 0.0706. The maximum Gasteiger partial charge on any atom is 0.277 e. The molecule has 3 heterocycles. The molecule has 0 fully saturated rings. The van der Waals surface area contributed by atoms with Gasteiger partial charge in [-0.05, 0) is 42.8 Å². The first kappa shape index (κ1) is 19.5. The van der Waals surface area contributed by atoms with Crippen molar-refractivity contribution in [3.05, 3.63) is 100 Å². The van der Waals surface area contributed by atoms with E-state index in [1.54, 1.807) is 24.5 Å². The molecule has 7 heteroatoms. The Morgan fingerprint density at radius 2 is 2.00 bits per heavy atom. The molecular weight excluding hydrogens is 417 g/mol. The number of amides is 1. The minimum Gasteiger partial charge on any atom is -0.463 e. The van der Waals surface area contributed by atoms with Crippen LogP contribution in [-0.4, -0.2) is 21.6 Å². The zero-order valence-electron chi connectivity index (χ0n) is 16.5. The van der Waals surface area contributed by atoms with Gasteiger partial charge >= 0.3 is 0 Å². The van der Waals surface area contributed by atoms with Crippen molar-refractivity contribution >= 4 is 34.1 Å². The summed E-state index contributed by atoms with van der Waals surface area (Å²) in [5.74, 6) is -0.606. The second kappa shape index (κ2) is 7.63. The number of aryl methyl sites for hydroxylation is 1. The Morgan fingerprint density at radius 3 is 2.77 bits per heavy atom. The van der Waals surface area contributed by atoms with Crippen LogP contribution in [-0.2, 0) is 0 Å². The van der Waals surface area contributed by atoms with E-state index in [2.05, 4.69) is 10.1 Å². The predicted molar refractivity (Wildman–Crippen MR) is 117 cm³/mol. The average Bonchev–Trinajstić information content (AvgIpc) is 3.44. The first-order valence-electron chi connectivity index (χ1n) is 9.78. The number of hydrogen-bond acceptors (Lipinski definition) is 4. The van der Waals surface area contributed by atoms with Crippen molar-refractivity contribution in [3.63, 3.8) is 0 Å². The van der Waals surface area contributed by atoms with Gasteiger partial charge in [-0.15, -0.1) is 0 Å². The third kappa shape index (κ3) is 3.39. The van der Waals surface area contributed by atoms with Crippen LogP contribution in [0.25, 0.3) is 10.9 Å². The molecule has 0 aliphatic carbocycles. The van der Waals surface area contributed by atoms with Crippen LogP contribution < -0.4 is 0 Å². The largest absolute Gasteiger partial charge is 0.463 e. The normalized spacial score (nSPS) is 16.0. The van der Waals surface area contributed by atoms with Gasteiger partial charge in [-0.25, -0.2) is 14.4 Å². The highest BCUT2D eigenvalue weighted by Gasteiger charge is 2.37. The highest BCUT2D eigenvalue weighted by molar-refractivity contribution is 6.30. The standard InChI is InChI=1S/C24H17ClFN3O2/c1-14-6-4-7-15-12-17(23(25)27-22(14)15)20-13-19(21-10-5-11-31-21)28-29(20)24(30)16-8-2-3-9-18(16)26/h2-12,20H,13H2,1H3. The van der Waals surface area contributed by atoms with Crippen LogP contribution in [0, 0.1) is 12.7 Å². The number of para-hydroxylation sites is 1. The van der Waals surface area contributed by atoms with Gasteiger partial charge in [0.25, 0.3) is 5.91 Å². The fourth-order valence-corrected chi connectivity index (χ4v) is 4.13. The summed E-state index contributed by atoms with van der Waals surface area (Å²) in [5, 5.41) is 6.97. The number of halogens is 2. The number of benzene rings is 2. The summed E-state index contributed by atoms with van der Waals surface area (Å²) in [5.41, 5.74) is 2.98. The SMILES string of the molecule is Cc1cccc2cc(C3CC(c4ccco4)=NN3C(=O)c3ccccc3F)c(Cl)nc12. The summed E-state index contributed by atoms with van der Waals surface area (Å²) < 4.78 is 19.9. The minimum atomic E-state index is -0.605. The molecule has 5 nitrogen and oxygen atoms in total. The van der Waals surface area contributed by atoms with Crippen molar-refractivity contribution in [1.82, 2.24) is 9.99 Å². The second-order valence-electron chi connectivity index (χ2n) is 7.39. The van der Waals surface area contributed by atoms with E-state index in [1.807, 2.05) is 31.2 Å². The molecule has 0 saturated carbocycles. The van der Waals surface area contributed by atoms with Gasteiger partial charge in [0.2, 0.25) is 0 Å². The number of nitrogens with zero attached hydrogens (tertiary/aromatic N) is 3. The number of carbonyl (C=O) groups is 1. The van der Waals surface area contributed by atoms with Crippen LogP contribution >= 0.6 is 11.6 Å². The van der Waals surface area contributed by atoms with Gasteiger partial charge in [0, 0.05) is 17.4 Å². The van der Waals surface area contributed by atoms with E-state index in [0.717, 1.165) is 16.5 Å². The minimum absolute atomic E-state index is 0.0577. The maximum atomic E-state index is 14.4. The van der Waals surface area contributed by atoms with E-state index in [4.69, 9.17) is 16.0 Å². The fraction of sp³-hybridized carbons (Fsp3) is 0.125. The molecular formula is C24H17ClFN3O2. The molecule has 1 aliphatic heterocycles. The van der Waals surface area contributed by atoms with Gasteiger partial charge in [0.05, 0.1) is 23.4 Å². The number of hydrogen-bond donors (Lipinski definition) is 0. The van der Waals surface area contributed by atoms with Crippen molar-refractivity contribution in [3.8, 4) is 0 Å². The molecule has 1 atom stereocenters. The summed E-state index contributed by atoms with van der Waals surface area (Å²) >= 11 is 6.58. The van der Waals surface area contributed by atoms with Gasteiger partial charge in [-0.3, -0.25) is 4.79 Å². The fourth-order valence-electron chi connectivity index (χ4n) is 3.86. The monoisotopic (exact) mass is 433 g/mol. The number of furan rings is 1. The molecule has 5 rings (SSSR count). The number of pyridine rings is 1. The number of rotatable bonds is 3. The van der Waals surface area contributed by atoms with E-state index in [9.17, 15) is 9.18 Å². The quantitative estimate of drug-likeness (QED) is 0.377. The summed E-state index contributed by atoms with van der Waals surface area (Å²) in [6.45, 7) is 1.97. The topological polar surface area (TPSA) is 58.7 Å². The zero-order valence-corrected chi connectivity index (χ0v) is 17.3. The molecule has 1 aliphatic rings. The average molecular weight is 434 g/mol. The second-order valence-corrected chi connectivity index (χ2v) is 7.75. The van der Waals surface area contributed by atoms with Crippen molar-refractivity contribution in [2.24, 2.45) is 5.10 Å². The highest BCUT2D eigenvalue weighted by atomic mass is 35.5. The van der Waals surface area contributed by atoms with Crippen molar-refractivity contribution < 1.29 is 13.6 Å². The third-order valence-electron chi connectivity index (χ3n) is 5.42. The number of aromatic nitrogens is 1. The third-order valence-corrected chi connectivity index (χ3v) is 5.72. The molecule has 2 aromatic heterocycles. The van der Waals surface area contributed by atoms with Crippen molar-refractivity contribution in [2.75, 3.05) is 0 Å². The van der Waals surface area contributed by atoms with Crippen LogP contribution in [0.5, 0.6) is 0 Å². The highest BCUT2D eigenvalue weighted by Crippen LogP contribution is 2.38. The van der Waals surface area contributed by atoms with Gasteiger partial charge in [0.15, 0.2) is 0 Å². The molecule has 31 heavy (non-hydrogen) atoms. The smallest absolute Gasteiger partial charge is 0.277 e. The van der Waals surface area contributed by atoms with E-state index in [1.165, 1.54) is 23.2 Å². The summed E-state index contributed by atoms with van der Waals surface area (Å²) in [7, 11) is 0. The van der Waals surface area contributed by atoms with Crippen LogP contribution in [0.1, 0.15) is 39.7 Å². The van der Waals surface area contributed by atoms with Gasteiger partial charge < -0.3 is 4.42 Å². The molecule has 0 spiro atoms. The molecule has 154 valence electrons. The summed E-state index contributed by atoms with van der Waals surface area (Å²) in [6.07, 6.45) is 1.91. The molecule has 0 saturated heterocycles. The van der Waals surface area contributed by atoms with Crippen LogP contribution in [0.15, 0.2) is 76.4 Å². The van der Waals surface area contributed by atoms with E-state index in [-0.39, 0.29) is 10.7 Å². The Hall–Kier alpha value is -3.51. The molecule has 0 N–H and O–H groups in total. The van der Waals surface area contributed by atoms with Crippen LogP contribution in [0.2, 0.25) is 5.15 Å². The van der Waals surface area contributed by atoms with Gasteiger partial charge in [-0.2, -0.15) is 5.10 Å². The van der Waals surface area contributed by atoms with E-state index in [0.29, 0.717) is 23.5 Å². The van der Waals surface area contributed by atoms with Crippen molar-refractivity contribution in [1.29, 1.82) is 0 Å². The Bertz CT molecular complexity index is 1330. The molecule has 2 aromatic carbocycles. The molecule has 0 radical (unpaired) electrons. The lowest BCUT2D eigenvalue weighted by Crippen LogP contribution is -2.28. The summed E-state index contributed by atoms with van der Waals surface area (Å²) in [6, 6.07) is 16.6. The van der Waals surface area contributed by atoms with Crippen molar-refractivity contribution in [2.45, 2.75) is 19.4 Å². The van der Waals surface area contributed by atoms with Crippen LogP contribution in [0.4, 0.5) is 4.39 Å². The molecule has 1 unspecified atom stereocenters. The maximum absolute atomic E-state index is 14.4. The predicted octanol–water partition coefficient (Wildman–Crippen LogP) is 5.92. The Balaban J connectivity index is 1.63. The molecule has 1 amide bonds. The number of carbonyl (C=O) groups excluding carboxylic acids is 1. The lowest BCUT2D eigenvalue weighted by atomic mass is 9.99. The first-order valence-corrected chi connectivity index (χ1v) is 10.2. The lowest BCUT2D eigenvalue weighted by Gasteiger charge is -2.23. The van der Waals surface area contributed by atoms with Gasteiger partial charge in [-0.1, -0.05) is 41.9 Å².